The van der Waals surface area contributed by atoms with E-state index in [2.05, 4.69) is 12.2 Å². The number of allylic oxidation sites excluding steroid dienone is 2. The van der Waals surface area contributed by atoms with E-state index in [-0.39, 0.29) is 35.5 Å². The van der Waals surface area contributed by atoms with Crippen LogP contribution in [-0.2, 0) is 16.2 Å². The van der Waals surface area contributed by atoms with Crippen LogP contribution in [0.3, 0.4) is 0 Å². The molecule has 1 saturated carbocycles. The quantitative estimate of drug-likeness (QED) is 0.529. The summed E-state index contributed by atoms with van der Waals surface area (Å²) in [5, 5.41) is 0.987. The summed E-state index contributed by atoms with van der Waals surface area (Å²) in [6.07, 6.45) is 5.13. The van der Waals surface area contributed by atoms with E-state index in [1.54, 1.807) is 36.4 Å². The van der Waals surface area contributed by atoms with E-state index < -0.39 is 0 Å². The molecule has 2 amide bonds. The van der Waals surface area contributed by atoms with E-state index in [1.165, 1.54) is 4.90 Å². The van der Waals surface area contributed by atoms with Crippen LogP contribution in [-0.4, -0.2) is 11.8 Å². The van der Waals surface area contributed by atoms with Crippen molar-refractivity contribution >= 4 is 40.7 Å². The van der Waals surface area contributed by atoms with Gasteiger partial charge in [-0.15, -0.1) is 0 Å². The number of imide groups is 1. The van der Waals surface area contributed by atoms with Crippen LogP contribution in [0, 0.1) is 23.7 Å². The smallest absolute Gasteiger partial charge is 0.238 e. The molecule has 4 nitrogen and oxygen atoms in total. The summed E-state index contributed by atoms with van der Waals surface area (Å²) in [5.41, 5.74) is 1.50. The number of nitrogens with zero attached hydrogens (tertiary/aromatic N) is 1. The van der Waals surface area contributed by atoms with Crippen LogP contribution in [0.2, 0.25) is 10.0 Å². The van der Waals surface area contributed by atoms with Crippen molar-refractivity contribution in [1.82, 2.24) is 0 Å². The van der Waals surface area contributed by atoms with Crippen molar-refractivity contribution in [2.75, 3.05) is 4.90 Å². The van der Waals surface area contributed by atoms with E-state index >= 15 is 0 Å². The highest BCUT2D eigenvalue weighted by Crippen LogP contribution is 2.53. The third kappa shape index (κ3) is 2.75. The lowest BCUT2D eigenvalue weighted by Crippen LogP contribution is -2.32. The van der Waals surface area contributed by atoms with Crippen molar-refractivity contribution in [3.8, 4) is 5.75 Å². The van der Waals surface area contributed by atoms with Gasteiger partial charge in [-0.25, -0.2) is 0 Å². The number of rotatable bonds is 4. The maximum atomic E-state index is 12.9. The van der Waals surface area contributed by atoms with Gasteiger partial charge >= 0.3 is 0 Å². The normalized spacial score (nSPS) is 27.6. The monoisotopic (exact) mass is 413 g/mol. The Bertz CT molecular complexity index is 971. The third-order valence-electron chi connectivity index (χ3n) is 5.95. The standard InChI is InChI=1S/C22H17Cl2NO3/c23-17-8-1-12(9-18(17)24)11-28-16-6-4-15(5-7-16)25-21(26)19-13-2-3-14(10-13)20(19)22(25)27/h1-9,13-14,19-20H,10-11H2/t13-,14+,19-,20-/m0/s1. The first-order valence-electron chi connectivity index (χ1n) is 9.26. The van der Waals surface area contributed by atoms with Crippen molar-refractivity contribution in [2.45, 2.75) is 13.0 Å². The molecule has 2 bridgehead atoms. The molecule has 2 aromatic rings. The first-order valence-corrected chi connectivity index (χ1v) is 10.0. The molecule has 1 aliphatic heterocycles. The second-order valence-corrected chi connectivity index (χ2v) is 8.36. The van der Waals surface area contributed by atoms with Crippen LogP contribution in [0.4, 0.5) is 5.69 Å². The molecule has 4 atom stereocenters. The number of fused-ring (bicyclic) bond motifs is 5. The minimum atomic E-state index is -0.187. The summed E-state index contributed by atoms with van der Waals surface area (Å²) < 4.78 is 5.78. The highest BCUT2D eigenvalue weighted by Gasteiger charge is 2.59. The summed E-state index contributed by atoms with van der Waals surface area (Å²) in [7, 11) is 0. The van der Waals surface area contributed by atoms with E-state index in [4.69, 9.17) is 27.9 Å². The molecule has 0 unspecified atom stereocenters. The highest BCUT2D eigenvalue weighted by atomic mass is 35.5. The fourth-order valence-corrected chi connectivity index (χ4v) is 4.97. The SMILES string of the molecule is O=C1[C@@H]2[C@@H](C(=O)N1c1ccc(OCc3ccc(Cl)c(Cl)c3)cc1)[C@H]1C=C[C@@H]2C1. The van der Waals surface area contributed by atoms with Crippen molar-refractivity contribution in [2.24, 2.45) is 23.7 Å². The van der Waals surface area contributed by atoms with Gasteiger partial charge in [0.05, 0.1) is 27.6 Å². The maximum absolute atomic E-state index is 12.9. The number of anilines is 1. The second kappa shape index (κ2) is 6.64. The van der Waals surface area contributed by atoms with Gasteiger partial charge < -0.3 is 4.74 Å². The third-order valence-corrected chi connectivity index (χ3v) is 6.69. The second-order valence-electron chi connectivity index (χ2n) is 7.54. The number of ether oxygens (including phenoxy) is 1. The number of benzene rings is 2. The molecule has 28 heavy (non-hydrogen) atoms. The van der Waals surface area contributed by atoms with E-state index in [0.717, 1.165) is 12.0 Å². The number of carbonyl (C=O) groups is 2. The van der Waals surface area contributed by atoms with Gasteiger partial charge in [0.25, 0.3) is 0 Å². The van der Waals surface area contributed by atoms with Gasteiger partial charge in [-0.2, -0.15) is 0 Å². The fraction of sp³-hybridized carbons (Fsp3) is 0.273. The van der Waals surface area contributed by atoms with Crippen LogP contribution in [0.25, 0.3) is 0 Å². The predicted molar refractivity (Wildman–Crippen MR) is 107 cm³/mol. The molecule has 2 aromatic carbocycles. The van der Waals surface area contributed by atoms with Gasteiger partial charge in [-0.1, -0.05) is 41.4 Å². The van der Waals surface area contributed by atoms with Crippen molar-refractivity contribution < 1.29 is 14.3 Å². The Morgan fingerprint density at radius 1 is 0.893 bits per heavy atom. The Labute approximate surface area is 172 Å². The predicted octanol–water partition coefficient (Wildman–Crippen LogP) is 4.88. The molecule has 0 aromatic heterocycles. The maximum Gasteiger partial charge on any atom is 0.238 e. The van der Waals surface area contributed by atoms with Crippen LogP contribution in [0.15, 0.2) is 54.6 Å². The van der Waals surface area contributed by atoms with Crippen molar-refractivity contribution in [1.29, 1.82) is 0 Å². The molecule has 1 saturated heterocycles. The lowest BCUT2D eigenvalue weighted by atomic mass is 9.85. The Morgan fingerprint density at radius 3 is 2.14 bits per heavy atom. The summed E-state index contributed by atoms with van der Waals surface area (Å²) in [5.74, 6) is 0.556. The van der Waals surface area contributed by atoms with Gasteiger partial charge in [-0.05, 0) is 60.2 Å². The molecule has 1 heterocycles. The van der Waals surface area contributed by atoms with Gasteiger partial charge in [0, 0.05) is 0 Å². The van der Waals surface area contributed by atoms with Crippen LogP contribution in [0.1, 0.15) is 12.0 Å². The largest absolute Gasteiger partial charge is 0.489 e. The highest BCUT2D eigenvalue weighted by molar-refractivity contribution is 6.42. The first-order chi connectivity index (χ1) is 13.5. The minimum absolute atomic E-state index is 0.0728. The first kappa shape index (κ1) is 17.8. The number of halogens is 2. The summed E-state index contributed by atoms with van der Waals surface area (Å²) >= 11 is 11.9. The zero-order valence-corrected chi connectivity index (χ0v) is 16.4. The molecular formula is C22H17Cl2NO3. The molecule has 2 fully saturated rings. The molecule has 3 aliphatic rings. The van der Waals surface area contributed by atoms with Gasteiger partial charge in [0.15, 0.2) is 0 Å². The number of hydrogen-bond acceptors (Lipinski definition) is 3. The van der Waals surface area contributed by atoms with Gasteiger partial charge in [0.1, 0.15) is 12.4 Å². The number of hydrogen-bond donors (Lipinski definition) is 0. The average Bonchev–Trinajstić information content (AvgIpc) is 3.37. The molecule has 6 heteroatoms. The molecule has 0 N–H and O–H groups in total. The van der Waals surface area contributed by atoms with Crippen LogP contribution >= 0.6 is 23.2 Å². The summed E-state index contributed by atoms with van der Waals surface area (Å²) in [4.78, 5) is 27.1. The topological polar surface area (TPSA) is 46.6 Å². The minimum Gasteiger partial charge on any atom is -0.489 e. The Hall–Kier alpha value is -2.30. The molecule has 0 radical (unpaired) electrons. The van der Waals surface area contributed by atoms with Gasteiger partial charge in [0.2, 0.25) is 11.8 Å². The Balaban J connectivity index is 1.30. The van der Waals surface area contributed by atoms with Crippen molar-refractivity contribution in [3.05, 3.63) is 70.2 Å². The lowest BCUT2D eigenvalue weighted by Gasteiger charge is -2.17. The van der Waals surface area contributed by atoms with Crippen LogP contribution in [0.5, 0.6) is 5.75 Å². The zero-order valence-electron chi connectivity index (χ0n) is 14.8. The molecule has 5 rings (SSSR count). The lowest BCUT2D eigenvalue weighted by molar-refractivity contribution is -0.123. The van der Waals surface area contributed by atoms with Gasteiger partial charge in [-0.3, -0.25) is 14.5 Å². The number of amides is 2. The average molecular weight is 414 g/mol. The van der Waals surface area contributed by atoms with E-state index in [0.29, 0.717) is 28.1 Å². The fourth-order valence-electron chi connectivity index (χ4n) is 4.64. The van der Waals surface area contributed by atoms with E-state index in [1.807, 2.05) is 6.07 Å². The molecular weight excluding hydrogens is 397 g/mol. The zero-order chi connectivity index (χ0) is 19.4. The molecule has 0 spiro atoms. The van der Waals surface area contributed by atoms with E-state index in [9.17, 15) is 9.59 Å². The molecule has 2 aliphatic carbocycles. The van der Waals surface area contributed by atoms with Crippen molar-refractivity contribution in [3.63, 3.8) is 0 Å². The Kier molecular flexibility index (Phi) is 4.22. The number of carbonyl (C=O) groups excluding carboxylic acids is 2. The molecule has 142 valence electrons. The summed E-state index contributed by atoms with van der Waals surface area (Å²) in [6.45, 7) is 0.344. The Morgan fingerprint density at radius 2 is 1.54 bits per heavy atom. The van der Waals surface area contributed by atoms with Crippen LogP contribution < -0.4 is 9.64 Å². The summed E-state index contributed by atoms with van der Waals surface area (Å²) in [6, 6.07) is 12.4.